The lowest BCUT2D eigenvalue weighted by atomic mass is 9.98. The minimum Gasteiger partial charge on any atom is -0.459 e. The summed E-state index contributed by atoms with van der Waals surface area (Å²) in [6.45, 7) is 5.24. The van der Waals surface area contributed by atoms with Crippen molar-refractivity contribution in [1.82, 2.24) is 4.90 Å². The minimum atomic E-state index is -0.225. The van der Waals surface area contributed by atoms with E-state index in [1.165, 1.54) is 11.8 Å². The first-order chi connectivity index (χ1) is 13.2. The first-order valence-corrected chi connectivity index (χ1v) is 9.86. The number of anilines is 1. The van der Waals surface area contributed by atoms with Gasteiger partial charge in [0.15, 0.2) is 5.76 Å². The van der Waals surface area contributed by atoms with Gasteiger partial charge in [0.2, 0.25) is 0 Å². The van der Waals surface area contributed by atoms with Crippen molar-refractivity contribution in [3.8, 4) is 0 Å². The minimum absolute atomic E-state index is 0.0759. The normalized spacial score (nSPS) is 16.2. The molecule has 1 fully saturated rings. The van der Waals surface area contributed by atoms with E-state index in [0.29, 0.717) is 5.76 Å². The SMILES string of the molecule is Cc1cc(C(c2ccccc2)N2CCOCC2)c(NC(=O)c2ccco2)s1. The highest BCUT2D eigenvalue weighted by atomic mass is 32.1. The molecule has 6 heteroatoms. The van der Waals surface area contributed by atoms with Crippen molar-refractivity contribution >= 4 is 22.2 Å². The van der Waals surface area contributed by atoms with Crippen molar-refractivity contribution < 1.29 is 13.9 Å². The topological polar surface area (TPSA) is 54.7 Å². The number of rotatable bonds is 5. The van der Waals surface area contributed by atoms with E-state index in [2.05, 4.69) is 47.5 Å². The molecule has 1 N–H and O–H groups in total. The fraction of sp³-hybridized carbons (Fsp3) is 0.286. The van der Waals surface area contributed by atoms with Gasteiger partial charge >= 0.3 is 0 Å². The number of aryl methyl sites for hydroxylation is 1. The van der Waals surface area contributed by atoms with Crippen LogP contribution in [0, 0.1) is 6.92 Å². The molecule has 1 atom stereocenters. The summed E-state index contributed by atoms with van der Waals surface area (Å²) < 4.78 is 10.8. The number of ether oxygens (including phenoxy) is 1. The number of nitrogens with zero attached hydrogens (tertiary/aromatic N) is 1. The van der Waals surface area contributed by atoms with Crippen LogP contribution in [0.3, 0.4) is 0 Å². The van der Waals surface area contributed by atoms with Crippen LogP contribution < -0.4 is 5.32 Å². The summed E-state index contributed by atoms with van der Waals surface area (Å²) >= 11 is 1.60. The van der Waals surface area contributed by atoms with Crippen molar-refractivity contribution in [1.29, 1.82) is 0 Å². The summed E-state index contributed by atoms with van der Waals surface area (Å²) in [5.74, 6) is 0.0894. The number of furan rings is 1. The molecule has 5 nitrogen and oxygen atoms in total. The van der Waals surface area contributed by atoms with Crippen LogP contribution in [0.4, 0.5) is 5.00 Å². The van der Waals surface area contributed by atoms with Crippen LogP contribution in [-0.4, -0.2) is 37.1 Å². The number of hydrogen-bond donors (Lipinski definition) is 1. The Bertz CT molecular complexity index is 884. The second-order valence-corrected chi connectivity index (χ2v) is 7.79. The summed E-state index contributed by atoms with van der Waals surface area (Å²) in [6, 6.07) is 16.1. The van der Waals surface area contributed by atoms with Gasteiger partial charge in [-0.05, 0) is 30.7 Å². The molecule has 0 aliphatic carbocycles. The summed E-state index contributed by atoms with van der Waals surface area (Å²) in [4.78, 5) is 16.1. The molecule has 1 aliphatic heterocycles. The van der Waals surface area contributed by atoms with Gasteiger partial charge in [0.05, 0.1) is 25.5 Å². The average Bonchev–Trinajstić information content (AvgIpc) is 3.34. The van der Waals surface area contributed by atoms with Gasteiger partial charge in [-0.3, -0.25) is 9.69 Å². The third-order valence-electron chi connectivity index (χ3n) is 4.68. The predicted molar refractivity (Wildman–Crippen MR) is 106 cm³/mol. The van der Waals surface area contributed by atoms with Crippen LogP contribution in [0.1, 0.15) is 32.6 Å². The average molecular weight is 382 g/mol. The van der Waals surface area contributed by atoms with E-state index < -0.39 is 0 Å². The molecule has 0 radical (unpaired) electrons. The molecule has 0 spiro atoms. The van der Waals surface area contributed by atoms with Gasteiger partial charge < -0.3 is 14.5 Å². The van der Waals surface area contributed by atoms with Crippen LogP contribution in [0.25, 0.3) is 0 Å². The Morgan fingerprint density at radius 3 is 2.63 bits per heavy atom. The molecule has 4 rings (SSSR count). The summed E-state index contributed by atoms with van der Waals surface area (Å²) in [5, 5.41) is 3.92. The van der Waals surface area contributed by atoms with Gasteiger partial charge in [-0.25, -0.2) is 0 Å². The molecule has 1 amide bonds. The largest absolute Gasteiger partial charge is 0.459 e. The van der Waals surface area contributed by atoms with Crippen LogP contribution in [0.15, 0.2) is 59.2 Å². The molecule has 1 aromatic carbocycles. The predicted octanol–water partition coefficient (Wildman–Crippen LogP) is 4.32. The van der Waals surface area contributed by atoms with Crippen LogP contribution in [-0.2, 0) is 4.74 Å². The number of amides is 1. The zero-order valence-corrected chi connectivity index (χ0v) is 16.0. The fourth-order valence-corrected chi connectivity index (χ4v) is 4.41. The number of benzene rings is 1. The Labute approximate surface area is 162 Å². The third-order valence-corrected chi connectivity index (χ3v) is 5.66. The molecule has 3 heterocycles. The van der Waals surface area contributed by atoms with E-state index in [1.54, 1.807) is 23.5 Å². The van der Waals surface area contributed by atoms with Crippen molar-refractivity contribution in [3.05, 3.63) is 76.6 Å². The summed E-state index contributed by atoms with van der Waals surface area (Å²) in [6.07, 6.45) is 1.51. The second-order valence-electron chi connectivity index (χ2n) is 6.53. The number of carbonyl (C=O) groups excluding carboxylic acids is 1. The molecule has 0 bridgehead atoms. The highest BCUT2D eigenvalue weighted by Gasteiger charge is 2.28. The van der Waals surface area contributed by atoms with Gasteiger partial charge in [-0.2, -0.15) is 0 Å². The second kappa shape index (κ2) is 8.08. The van der Waals surface area contributed by atoms with E-state index in [1.807, 2.05) is 6.07 Å². The number of morpholine rings is 1. The fourth-order valence-electron chi connectivity index (χ4n) is 3.47. The number of nitrogens with one attached hydrogen (secondary N) is 1. The Morgan fingerprint density at radius 2 is 1.93 bits per heavy atom. The number of thiophene rings is 1. The Balaban J connectivity index is 1.70. The van der Waals surface area contributed by atoms with Crippen LogP contribution in [0.2, 0.25) is 0 Å². The lowest BCUT2D eigenvalue weighted by Gasteiger charge is -2.35. The Morgan fingerprint density at radius 1 is 1.15 bits per heavy atom. The highest BCUT2D eigenvalue weighted by molar-refractivity contribution is 7.16. The van der Waals surface area contributed by atoms with E-state index in [4.69, 9.17) is 9.15 Å². The smallest absolute Gasteiger partial charge is 0.291 e. The Kier molecular flexibility index (Phi) is 5.38. The summed E-state index contributed by atoms with van der Waals surface area (Å²) in [5.41, 5.74) is 2.33. The number of hydrogen-bond acceptors (Lipinski definition) is 5. The van der Waals surface area contributed by atoms with Crippen molar-refractivity contribution in [2.24, 2.45) is 0 Å². The first-order valence-electron chi connectivity index (χ1n) is 9.04. The monoisotopic (exact) mass is 382 g/mol. The molecule has 1 saturated heterocycles. The van der Waals surface area contributed by atoms with Crippen LogP contribution >= 0.6 is 11.3 Å². The molecule has 1 aliphatic rings. The third kappa shape index (κ3) is 3.98. The first kappa shape index (κ1) is 18.0. The van der Waals surface area contributed by atoms with Gasteiger partial charge in [-0.15, -0.1) is 11.3 Å². The number of carbonyl (C=O) groups is 1. The van der Waals surface area contributed by atoms with Crippen LogP contribution in [0.5, 0.6) is 0 Å². The van der Waals surface area contributed by atoms with Gasteiger partial charge in [-0.1, -0.05) is 30.3 Å². The van der Waals surface area contributed by atoms with E-state index in [-0.39, 0.29) is 11.9 Å². The molecule has 2 aromatic heterocycles. The van der Waals surface area contributed by atoms with E-state index in [9.17, 15) is 4.79 Å². The maximum absolute atomic E-state index is 12.5. The molecular formula is C21H22N2O3S. The summed E-state index contributed by atoms with van der Waals surface area (Å²) in [7, 11) is 0. The molecular weight excluding hydrogens is 360 g/mol. The van der Waals surface area contributed by atoms with Crippen molar-refractivity contribution in [3.63, 3.8) is 0 Å². The highest BCUT2D eigenvalue weighted by Crippen LogP contribution is 2.39. The van der Waals surface area contributed by atoms with E-state index in [0.717, 1.165) is 41.7 Å². The lowest BCUT2D eigenvalue weighted by molar-refractivity contribution is 0.0241. The van der Waals surface area contributed by atoms with Crippen molar-refractivity contribution in [2.75, 3.05) is 31.6 Å². The standard InChI is InChI=1S/C21H22N2O3S/c1-15-14-17(21(27-15)22-20(24)18-8-5-11-26-18)19(16-6-3-2-4-7-16)23-9-12-25-13-10-23/h2-8,11,14,19H,9-10,12-13H2,1H3,(H,22,24). The van der Waals surface area contributed by atoms with E-state index >= 15 is 0 Å². The van der Waals surface area contributed by atoms with Gasteiger partial charge in [0.25, 0.3) is 5.91 Å². The zero-order chi connectivity index (χ0) is 18.6. The van der Waals surface area contributed by atoms with Gasteiger partial charge in [0.1, 0.15) is 5.00 Å². The molecule has 140 valence electrons. The maximum Gasteiger partial charge on any atom is 0.291 e. The molecule has 1 unspecified atom stereocenters. The van der Waals surface area contributed by atoms with Gasteiger partial charge in [0, 0.05) is 23.5 Å². The quantitative estimate of drug-likeness (QED) is 0.714. The van der Waals surface area contributed by atoms with Crippen molar-refractivity contribution in [2.45, 2.75) is 13.0 Å². The Hall–Kier alpha value is -2.41. The lowest BCUT2D eigenvalue weighted by Crippen LogP contribution is -2.39. The molecule has 0 saturated carbocycles. The zero-order valence-electron chi connectivity index (χ0n) is 15.2. The molecule has 3 aromatic rings. The maximum atomic E-state index is 12.5. The molecule has 27 heavy (non-hydrogen) atoms.